The van der Waals surface area contributed by atoms with Crippen LogP contribution < -0.4 is 5.73 Å². The molecule has 2 rings (SSSR count). The van der Waals surface area contributed by atoms with Crippen LogP contribution in [-0.2, 0) is 5.92 Å². The van der Waals surface area contributed by atoms with Crippen LogP contribution in [-0.4, -0.2) is 29.5 Å². The van der Waals surface area contributed by atoms with E-state index in [1.54, 1.807) is 26.8 Å². The monoisotopic (exact) mass is 573 g/mol. The Morgan fingerprint density at radius 2 is 1.29 bits per heavy atom. The van der Waals surface area contributed by atoms with Crippen molar-refractivity contribution in [3.8, 4) is 0 Å². The summed E-state index contributed by atoms with van der Waals surface area (Å²) in [7, 11) is 0. The van der Waals surface area contributed by atoms with Gasteiger partial charge in [0.15, 0.2) is 0 Å². The van der Waals surface area contributed by atoms with E-state index in [2.05, 4.69) is 102 Å². The van der Waals surface area contributed by atoms with E-state index in [-0.39, 0.29) is 5.56 Å². The highest BCUT2D eigenvalue weighted by molar-refractivity contribution is 5.77. The van der Waals surface area contributed by atoms with Crippen molar-refractivity contribution in [2.24, 2.45) is 5.73 Å². The molecule has 1 heterocycles. The number of nitrogens with two attached hydrogens (primary N) is 1. The zero-order chi connectivity index (χ0) is 32.6. The zero-order valence-corrected chi connectivity index (χ0v) is 28.3. The first-order valence-corrected chi connectivity index (χ1v) is 15.0. The summed E-state index contributed by atoms with van der Waals surface area (Å²) >= 11 is 0. The minimum Gasteiger partial charge on any atom is -0.399 e. The maximum atomic E-state index is 13.5. The number of allylic oxidation sites excluding steroid dienone is 2. The molecule has 41 heavy (non-hydrogen) atoms. The van der Waals surface area contributed by atoms with Gasteiger partial charge in [-0.15, -0.1) is 13.2 Å². The lowest BCUT2D eigenvalue weighted by atomic mass is 9.96. The van der Waals surface area contributed by atoms with Crippen LogP contribution in [0.15, 0.2) is 61.8 Å². The number of aromatic nitrogens is 1. The van der Waals surface area contributed by atoms with Gasteiger partial charge in [-0.2, -0.15) is 0 Å². The maximum absolute atomic E-state index is 13.5. The molecular weight excluding hydrogens is 512 g/mol. The van der Waals surface area contributed by atoms with Gasteiger partial charge in [0.1, 0.15) is 0 Å². The molecule has 0 aliphatic carbocycles. The fourth-order valence-electron chi connectivity index (χ4n) is 3.88. The van der Waals surface area contributed by atoms with Crippen LogP contribution in [0.3, 0.4) is 0 Å². The number of aryl methyl sites for hydroxylation is 3. The summed E-state index contributed by atoms with van der Waals surface area (Å²) in [6.45, 7) is 34.7. The van der Waals surface area contributed by atoms with Gasteiger partial charge in [0, 0.05) is 29.5 Å². The van der Waals surface area contributed by atoms with Gasteiger partial charge in [0.2, 0.25) is 0 Å². The molecule has 2 aromatic rings. The fraction of sp³-hybridized carbons (Fsp3) is 0.528. The van der Waals surface area contributed by atoms with Crippen molar-refractivity contribution in [3.05, 3.63) is 95.5 Å². The molecule has 0 saturated heterocycles. The van der Waals surface area contributed by atoms with Gasteiger partial charge >= 0.3 is 0 Å². The van der Waals surface area contributed by atoms with Crippen molar-refractivity contribution in [3.63, 3.8) is 0 Å². The van der Waals surface area contributed by atoms with Gasteiger partial charge in [0.05, 0.1) is 5.69 Å². The number of halogens is 2. The Kier molecular flexibility index (Phi) is 26.0. The molecule has 0 saturated carbocycles. The number of hydrogen-bond acceptors (Lipinski definition) is 3. The molecule has 0 fully saturated rings. The summed E-state index contributed by atoms with van der Waals surface area (Å²) in [5.74, 6) is -2.90. The van der Waals surface area contributed by atoms with E-state index >= 15 is 0 Å². The molecular formula is C36H61F2N3. The van der Waals surface area contributed by atoms with Gasteiger partial charge in [-0.3, -0.25) is 4.98 Å². The summed E-state index contributed by atoms with van der Waals surface area (Å²) in [6, 6.07) is 9.76. The molecule has 0 atom stereocenters. The van der Waals surface area contributed by atoms with Crippen LogP contribution in [0.25, 0.3) is 5.57 Å². The topological polar surface area (TPSA) is 42.1 Å². The molecule has 234 valence electrons. The van der Waals surface area contributed by atoms with E-state index in [1.807, 2.05) is 0 Å². The van der Waals surface area contributed by atoms with E-state index in [9.17, 15) is 8.78 Å². The standard InChI is InChI=1S/C14H18F2N2.C9H21N.C8H10.C3H8.C2H4/c1-6-11(10(4)17)13-9(3)12(14(5,15)16)7-8(2)18-13;1-4-7-10(8-5-2)9-6-3;1-7-5-3-4-6-8(7)2;1-3-2;1-2/h6-7H,4,17H2,1-3,5H3;4-9H2,1-3H3;3-6H,1-2H3;3H2,1-2H3;1-2H2/b11-6-;;;;. The second kappa shape index (κ2) is 25.0. The van der Waals surface area contributed by atoms with Gasteiger partial charge < -0.3 is 10.6 Å². The predicted octanol–water partition coefficient (Wildman–Crippen LogP) is 10.7. The third-order valence-corrected chi connectivity index (χ3v) is 5.81. The minimum atomic E-state index is -2.90. The summed E-state index contributed by atoms with van der Waals surface area (Å²) < 4.78 is 27.1. The van der Waals surface area contributed by atoms with E-state index in [1.165, 1.54) is 62.5 Å². The Balaban J connectivity index is -0.000000530. The van der Waals surface area contributed by atoms with E-state index in [4.69, 9.17) is 5.73 Å². The van der Waals surface area contributed by atoms with Crippen molar-refractivity contribution in [2.45, 2.75) is 108 Å². The van der Waals surface area contributed by atoms with Crippen molar-refractivity contribution >= 4 is 5.57 Å². The summed E-state index contributed by atoms with van der Waals surface area (Å²) in [6.07, 6.45) is 6.86. The lowest BCUT2D eigenvalue weighted by Gasteiger charge is -2.19. The summed E-state index contributed by atoms with van der Waals surface area (Å²) in [5.41, 5.74) is 10.7. The lowest BCUT2D eigenvalue weighted by Crippen LogP contribution is -2.25. The molecule has 0 aliphatic heterocycles. The fourth-order valence-corrected chi connectivity index (χ4v) is 3.88. The lowest BCUT2D eigenvalue weighted by molar-refractivity contribution is 0.0166. The first-order chi connectivity index (χ1) is 19.2. The second-order valence-electron chi connectivity index (χ2n) is 10.0. The summed E-state index contributed by atoms with van der Waals surface area (Å²) in [5, 5.41) is 0. The average Bonchev–Trinajstić information content (AvgIpc) is 2.90. The summed E-state index contributed by atoms with van der Waals surface area (Å²) in [4.78, 5) is 6.84. The SMILES string of the molecule is C=C.C=C(N)/C(=C/C)c1nc(C)cc(C(C)(F)F)c1C.CCC.CCCN(CCC)CCC.Cc1ccccc1C. The normalized spacial score (nSPS) is 10.5. The molecule has 2 N–H and O–H groups in total. The van der Waals surface area contributed by atoms with Crippen molar-refractivity contribution in [1.82, 2.24) is 9.88 Å². The van der Waals surface area contributed by atoms with Crippen LogP contribution in [0.1, 0.15) is 108 Å². The molecule has 0 unspecified atom stereocenters. The van der Waals surface area contributed by atoms with E-state index in [0.717, 1.165) is 6.92 Å². The Bertz CT molecular complexity index is 956. The average molecular weight is 574 g/mol. The maximum Gasteiger partial charge on any atom is 0.270 e. The number of hydrogen-bond donors (Lipinski definition) is 1. The highest BCUT2D eigenvalue weighted by atomic mass is 19.3. The number of rotatable bonds is 9. The van der Waals surface area contributed by atoms with E-state index < -0.39 is 5.92 Å². The number of pyridine rings is 1. The molecule has 0 bridgehead atoms. The third kappa shape index (κ3) is 19.0. The smallest absolute Gasteiger partial charge is 0.270 e. The van der Waals surface area contributed by atoms with Crippen molar-refractivity contribution in [2.75, 3.05) is 19.6 Å². The first kappa shape index (κ1) is 42.7. The van der Waals surface area contributed by atoms with Crippen LogP contribution in [0.5, 0.6) is 0 Å². The van der Waals surface area contributed by atoms with Crippen LogP contribution >= 0.6 is 0 Å². The molecule has 1 aromatic carbocycles. The van der Waals surface area contributed by atoms with Crippen LogP contribution in [0.2, 0.25) is 0 Å². The third-order valence-electron chi connectivity index (χ3n) is 5.81. The number of alkyl halides is 2. The number of nitrogens with zero attached hydrogens (tertiary/aromatic N) is 2. The van der Waals surface area contributed by atoms with Crippen molar-refractivity contribution < 1.29 is 8.78 Å². The van der Waals surface area contributed by atoms with Gasteiger partial charge in [-0.05, 0) is 96.3 Å². The van der Waals surface area contributed by atoms with Gasteiger partial charge in [-0.25, -0.2) is 8.78 Å². The first-order valence-electron chi connectivity index (χ1n) is 15.0. The molecule has 5 heteroatoms. The molecule has 3 nitrogen and oxygen atoms in total. The van der Waals surface area contributed by atoms with E-state index in [0.29, 0.717) is 28.2 Å². The van der Waals surface area contributed by atoms with Crippen LogP contribution in [0.4, 0.5) is 8.78 Å². The van der Waals surface area contributed by atoms with Crippen molar-refractivity contribution in [1.29, 1.82) is 0 Å². The molecule has 0 spiro atoms. The Labute approximate surface area is 252 Å². The minimum absolute atomic E-state index is 0.0226. The Morgan fingerprint density at radius 1 is 0.902 bits per heavy atom. The zero-order valence-electron chi connectivity index (χ0n) is 28.3. The van der Waals surface area contributed by atoms with Crippen LogP contribution in [0, 0.1) is 27.7 Å². The Hall–Kier alpha value is -2.79. The molecule has 1 aromatic heterocycles. The molecule has 0 aliphatic rings. The Morgan fingerprint density at radius 3 is 1.56 bits per heavy atom. The number of benzene rings is 1. The highest BCUT2D eigenvalue weighted by Crippen LogP contribution is 2.33. The molecule has 0 amide bonds. The van der Waals surface area contributed by atoms with Gasteiger partial charge in [0.25, 0.3) is 5.92 Å². The van der Waals surface area contributed by atoms with Gasteiger partial charge in [-0.1, -0.05) is 78.0 Å². The predicted molar refractivity (Wildman–Crippen MR) is 181 cm³/mol. The second-order valence-corrected chi connectivity index (χ2v) is 10.0. The molecule has 0 radical (unpaired) electrons. The largest absolute Gasteiger partial charge is 0.399 e. The quantitative estimate of drug-likeness (QED) is 0.240. The highest BCUT2D eigenvalue weighted by Gasteiger charge is 2.29.